The third-order valence-electron chi connectivity index (χ3n) is 4.52. The van der Waals surface area contributed by atoms with E-state index in [9.17, 15) is 14.9 Å². The number of H-pyrrole nitrogens is 1. The Kier molecular flexibility index (Phi) is 3.93. The number of nitro benzene ring substituents is 1. The molecule has 4 rings (SSSR count). The molecule has 132 valence electrons. The first-order valence-electron chi connectivity index (χ1n) is 8.30. The molecular weight excluding hydrogens is 342 g/mol. The van der Waals surface area contributed by atoms with Gasteiger partial charge in [0.1, 0.15) is 0 Å². The Bertz CT molecular complexity index is 1180. The van der Waals surface area contributed by atoms with Gasteiger partial charge in [-0.1, -0.05) is 30.3 Å². The number of fused-ring (bicyclic) bond motifs is 1. The molecule has 0 bridgehead atoms. The Balaban J connectivity index is 1.77. The van der Waals surface area contributed by atoms with E-state index < -0.39 is 10.8 Å². The summed E-state index contributed by atoms with van der Waals surface area (Å²) in [5, 5.41) is 11.8. The van der Waals surface area contributed by atoms with Crippen molar-refractivity contribution in [1.29, 1.82) is 0 Å². The molecule has 1 heterocycles. The lowest BCUT2D eigenvalue weighted by atomic mass is 9.98. The minimum absolute atomic E-state index is 0.0557. The fourth-order valence-electron chi connectivity index (χ4n) is 3.16. The molecule has 3 N–H and O–H groups in total. The number of hydrogen-bond donors (Lipinski definition) is 2. The Morgan fingerprint density at radius 1 is 0.926 bits per heavy atom. The average Bonchev–Trinajstić information content (AvgIpc) is 3.11. The number of aromatic nitrogens is 1. The van der Waals surface area contributed by atoms with Gasteiger partial charge < -0.3 is 10.7 Å². The van der Waals surface area contributed by atoms with Crippen LogP contribution >= 0.6 is 0 Å². The summed E-state index contributed by atoms with van der Waals surface area (Å²) in [4.78, 5) is 25.4. The molecule has 1 aromatic heterocycles. The van der Waals surface area contributed by atoms with E-state index in [2.05, 4.69) is 4.98 Å². The number of nitrogens with two attached hydrogens (primary N) is 1. The Morgan fingerprint density at radius 2 is 1.63 bits per heavy atom. The van der Waals surface area contributed by atoms with Crippen molar-refractivity contribution in [1.82, 2.24) is 4.98 Å². The molecule has 0 aliphatic carbocycles. The predicted octanol–water partition coefficient (Wildman–Crippen LogP) is 4.51. The Hall–Kier alpha value is -3.93. The number of rotatable bonds is 4. The molecule has 6 heteroatoms. The second-order valence-electron chi connectivity index (χ2n) is 6.20. The summed E-state index contributed by atoms with van der Waals surface area (Å²) in [7, 11) is 0. The highest BCUT2D eigenvalue weighted by atomic mass is 16.6. The zero-order valence-electron chi connectivity index (χ0n) is 14.2. The second kappa shape index (κ2) is 6.42. The van der Waals surface area contributed by atoms with Crippen LogP contribution in [0.3, 0.4) is 0 Å². The minimum atomic E-state index is -0.469. The quantitative estimate of drug-likeness (QED) is 0.415. The molecule has 0 aliphatic rings. The van der Waals surface area contributed by atoms with Crippen LogP contribution in [0.25, 0.3) is 33.3 Å². The van der Waals surface area contributed by atoms with Crippen LogP contribution in [0.1, 0.15) is 10.4 Å². The Morgan fingerprint density at radius 3 is 2.33 bits per heavy atom. The van der Waals surface area contributed by atoms with Crippen molar-refractivity contribution < 1.29 is 9.72 Å². The number of aromatic amines is 1. The summed E-state index contributed by atoms with van der Waals surface area (Å²) in [5.41, 5.74) is 10.3. The molecule has 0 saturated carbocycles. The third kappa shape index (κ3) is 3.04. The van der Waals surface area contributed by atoms with Gasteiger partial charge in [0, 0.05) is 34.3 Å². The molecule has 1 amide bonds. The van der Waals surface area contributed by atoms with Gasteiger partial charge in [0.25, 0.3) is 5.69 Å². The lowest BCUT2D eigenvalue weighted by molar-refractivity contribution is -0.384. The van der Waals surface area contributed by atoms with Crippen LogP contribution < -0.4 is 5.73 Å². The molecule has 0 saturated heterocycles. The largest absolute Gasteiger partial charge is 0.366 e. The molecule has 0 unspecified atom stereocenters. The molecule has 4 aromatic rings. The molecule has 0 radical (unpaired) electrons. The van der Waals surface area contributed by atoms with E-state index in [1.807, 2.05) is 36.4 Å². The van der Waals surface area contributed by atoms with Crippen LogP contribution in [0.5, 0.6) is 0 Å². The fraction of sp³-hybridized carbons (Fsp3) is 0. The van der Waals surface area contributed by atoms with Gasteiger partial charge in [0.05, 0.1) is 4.92 Å². The van der Waals surface area contributed by atoms with E-state index in [1.165, 1.54) is 12.1 Å². The highest BCUT2D eigenvalue weighted by Crippen LogP contribution is 2.30. The number of non-ortho nitro benzene ring substituents is 1. The van der Waals surface area contributed by atoms with Gasteiger partial charge in [-0.05, 0) is 47.0 Å². The second-order valence-corrected chi connectivity index (χ2v) is 6.20. The van der Waals surface area contributed by atoms with Crippen molar-refractivity contribution in [2.75, 3.05) is 0 Å². The molecule has 3 aromatic carbocycles. The monoisotopic (exact) mass is 357 g/mol. The van der Waals surface area contributed by atoms with E-state index in [-0.39, 0.29) is 5.69 Å². The number of amides is 1. The van der Waals surface area contributed by atoms with Gasteiger partial charge in [-0.25, -0.2) is 0 Å². The first-order valence-corrected chi connectivity index (χ1v) is 8.30. The number of nitrogens with one attached hydrogen (secondary N) is 1. The lowest BCUT2D eigenvalue weighted by Crippen LogP contribution is -2.12. The molecule has 0 atom stereocenters. The normalized spacial score (nSPS) is 10.8. The number of hydrogen-bond acceptors (Lipinski definition) is 3. The van der Waals surface area contributed by atoms with Crippen LogP contribution in [-0.2, 0) is 0 Å². The number of primary amides is 1. The summed E-state index contributed by atoms with van der Waals surface area (Å²) < 4.78 is 0. The highest BCUT2D eigenvalue weighted by Gasteiger charge is 2.11. The number of carbonyl (C=O) groups excluding carboxylic acids is 1. The highest BCUT2D eigenvalue weighted by molar-refractivity contribution is 6.01. The lowest BCUT2D eigenvalue weighted by Gasteiger charge is -2.06. The number of carbonyl (C=O) groups is 1. The topological polar surface area (TPSA) is 102 Å². The van der Waals surface area contributed by atoms with Crippen molar-refractivity contribution >= 4 is 22.5 Å². The molecule has 0 spiro atoms. The number of benzene rings is 3. The maximum absolute atomic E-state index is 11.7. The minimum Gasteiger partial charge on any atom is -0.366 e. The van der Waals surface area contributed by atoms with Crippen LogP contribution in [0.4, 0.5) is 5.69 Å². The van der Waals surface area contributed by atoms with E-state index in [0.29, 0.717) is 5.56 Å². The van der Waals surface area contributed by atoms with Gasteiger partial charge >= 0.3 is 0 Å². The van der Waals surface area contributed by atoms with E-state index in [1.54, 1.807) is 24.3 Å². The van der Waals surface area contributed by atoms with Crippen LogP contribution in [0.2, 0.25) is 0 Å². The average molecular weight is 357 g/mol. The van der Waals surface area contributed by atoms with Gasteiger partial charge in [0.15, 0.2) is 0 Å². The van der Waals surface area contributed by atoms with E-state index in [4.69, 9.17) is 5.73 Å². The van der Waals surface area contributed by atoms with Crippen LogP contribution in [-0.4, -0.2) is 15.8 Å². The fourth-order valence-corrected chi connectivity index (χ4v) is 3.16. The van der Waals surface area contributed by atoms with Crippen molar-refractivity contribution in [2.45, 2.75) is 0 Å². The summed E-state index contributed by atoms with van der Waals surface area (Å²) in [6.07, 6.45) is 0. The molecule has 0 aliphatic heterocycles. The van der Waals surface area contributed by atoms with Crippen LogP contribution in [0, 0.1) is 10.1 Å². The van der Waals surface area contributed by atoms with Crippen molar-refractivity contribution in [2.24, 2.45) is 5.73 Å². The summed E-state index contributed by atoms with van der Waals surface area (Å²) >= 11 is 0. The van der Waals surface area contributed by atoms with Gasteiger partial charge in [-0.3, -0.25) is 14.9 Å². The molecular formula is C21H15N3O3. The maximum atomic E-state index is 11.7. The smallest absolute Gasteiger partial charge is 0.269 e. The predicted molar refractivity (Wildman–Crippen MR) is 104 cm³/mol. The van der Waals surface area contributed by atoms with E-state index >= 15 is 0 Å². The van der Waals surface area contributed by atoms with Crippen LogP contribution in [0.15, 0.2) is 72.8 Å². The number of nitro groups is 1. The third-order valence-corrected chi connectivity index (χ3v) is 4.52. The zero-order chi connectivity index (χ0) is 19.0. The van der Waals surface area contributed by atoms with Crippen molar-refractivity contribution in [3.8, 4) is 22.4 Å². The summed E-state index contributed by atoms with van der Waals surface area (Å²) in [6, 6.07) is 21.5. The van der Waals surface area contributed by atoms with Gasteiger partial charge in [-0.2, -0.15) is 0 Å². The molecule has 6 nitrogen and oxygen atoms in total. The first-order chi connectivity index (χ1) is 13.0. The molecule has 27 heavy (non-hydrogen) atoms. The summed E-state index contributed by atoms with van der Waals surface area (Å²) in [6.45, 7) is 0. The van der Waals surface area contributed by atoms with Gasteiger partial charge in [-0.15, -0.1) is 0 Å². The molecule has 0 fully saturated rings. The number of nitrogens with zero attached hydrogens (tertiary/aromatic N) is 1. The Labute approximate surface area is 154 Å². The first kappa shape index (κ1) is 16.5. The SMILES string of the molecule is NC(=O)c1ccccc1-c1ccc2cc(-c3ccc([N+](=O)[O-])cc3)[nH]c2c1. The zero-order valence-corrected chi connectivity index (χ0v) is 14.2. The van der Waals surface area contributed by atoms with Crippen molar-refractivity contribution in [3.63, 3.8) is 0 Å². The van der Waals surface area contributed by atoms with Crippen molar-refractivity contribution in [3.05, 3.63) is 88.5 Å². The standard InChI is InChI=1S/C21H15N3O3/c22-21(25)18-4-2-1-3-17(18)14-5-6-15-12-19(23-20(15)11-14)13-7-9-16(10-8-13)24(26)27/h1-12,23H,(H2,22,25). The van der Waals surface area contributed by atoms with Gasteiger partial charge in [0.2, 0.25) is 5.91 Å². The van der Waals surface area contributed by atoms with E-state index in [0.717, 1.165) is 33.3 Å². The maximum Gasteiger partial charge on any atom is 0.269 e. The summed E-state index contributed by atoms with van der Waals surface area (Å²) in [5.74, 6) is -0.469.